The minimum Gasteiger partial charge on any atom is -0.467 e. The van der Waals surface area contributed by atoms with E-state index in [2.05, 4.69) is 5.32 Å². The molecule has 0 aromatic heterocycles. The van der Waals surface area contributed by atoms with E-state index in [1.54, 1.807) is 6.92 Å². The van der Waals surface area contributed by atoms with E-state index >= 15 is 0 Å². The molecule has 0 aliphatic heterocycles. The third-order valence-electron chi connectivity index (χ3n) is 2.14. The summed E-state index contributed by atoms with van der Waals surface area (Å²) in [5.41, 5.74) is 1.20. The first-order valence-electron chi connectivity index (χ1n) is 5.54. The zero-order valence-electron chi connectivity index (χ0n) is 10.7. The fourth-order valence-electron chi connectivity index (χ4n) is 1.40. The van der Waals surface area contributed by atoms with Crippen LogP contribution in [0, 0.1) is 0 Å². The van der Waals surface area contributed by atoms with E-state index in [1.165, 1.54) is 14.2 Å². The molecule has 1 aromatic rings. The lowest BCUT2D eigenvalue weighted by Gasteiger charge is -2.13. The van der Waals surface area contributed by atoms with E-state index in [0.29, 0.717) is 12.3 Å². The lowest BCUT2D eigenvalue weighted by Crippen LogP contribution is -2.24. The van der Waals surface area contributed by atoms with Crippen LogP contribution >= 0.6 is 0 Å². The number of carbonyl (C=O) groups excluding carboxylic acids is 1. The summed E-state index contributed by atoms with van der Waals surface area (Å²) in [6, 6.07) is 9.25. The van der Waals surface area contributed by atoms with Gasteiger partial charge in [-0.05, 0) is 6.92 Å². The van der Waals surface area contributed by atoms with Crippen LogP contribution in [0.5, 0.6) is 0 Å². The summed E-state index contributed by atoms with van der Waals surface area (Å²) in [7, 11) is 2.93. The van der Waals surface area contributed by atoms with Crippen LogP contribution in [0.25, 0.3) is 5.70 Å². The standard InChI is InChI=1S/C13H17NO4/c1-4-18-13(15)14-11(12(16-2)17-3)10-8-6-5-7-9-10/h5-9H,4H2,1-3H3,(H,14,15). The van der Waals surface area contributed by atoms with E-state index in [9.17, 15) is 4.79 Å². The molecule has 0 radical (unpaired) electrons. The van der Waals surface area contributed by atoms with Crippen molar-refractivity contribution in [3.05, 3.63) is 41.8 Å². The Morgan fingerprint density at radius 2 is 1.78 bits per heavy atom. The summed E-state index contributed by atoms with van der Waals surface area (Å²) in [6.45, 7) is 2.03. The van der Waals surface area contributed by atoms with E-state index in [-0.39, 0.29) is 5.95 Å². The van der Waals surface area contributed by atoms with E-state index in [0.717, 1.165) is 5.56 Å². The molecule has 0 atom stereocenters. The minimum absolute atomic E-state index is 0.217. The fourth-order valence-corrected chi connectivity index (χ4v) is 1.40. The highest BCUT2D eigenvalue weighted by molar-refractivity contribution is 5.82. The molecule has 0 aliphatic carbocycles. The lowest BCUT2D eigenvalue weighted by molar-refractivity contribution is 0.0956. The molecule has 0 saturated carbocycles. The van der Waals surface area contributed by atoms with Gasteiger partial charge in [0.05, 0.1) is 20.8 Å². The molecule has 1 N–H and O–H groups in total. The van der Waals surface area contributed by atoms with Gasteiger partial charge in [-0.3, -0.25) is 5.32 Å². The molecule has 1 aromatic carbocycles. The molecular formula is C13H17NO4. The average Bonchev–Trinajstić information content (AvgIpc) is 2.40. The van der Waals surface area contributed by atoms with Crippen LogP contribution in [0.15, 0.2) is 36.3 Å². The Morgan fingerprint density at radius 3 is 2.28 bits per heavy atom. The number of ether oxygens (including phenoxy) is 3. The van der Waals surface area contributed by atoms with Crippen LogP contribution in [0.4, 0.5) is 4.79 Å². The smallest absolute Gasteiger partial charge is 0.411 e. The van der Waals surface area contributed by atoms with Crippen molar-refractivity contribution in [2.45, 2.75) is 6.92 Å². The molecule has 5 nitrogen and oxygen atoms in total. The maximum atomic E-state index is 11.5. The van der Waals surface area contributed by atoms with Crippen LogP contribution in [-0.4, -0.2) is 26.9 Å². The number of amides is 1. The van der Waals surface area contributed by atoms with Crippen LogP contribution in [0.2, 0.25) is 0 Å². The Morgan fingerprint density at radius 1 is 1.17 bits per heavy atom. The summed E-state index contributed by atoms with van der Waals surface area (Å²) in [5.74, 6) is 0.217. The largest absolute Gasteiger partial charge is 0.467 e. The predicted octanol–water partition coefficient (Wildman–Crippen LogP) is 2.35. The number of benzene rings is 1. The molecule has 5 heteroatoms. The Bertz CT molecular complexity index is 408. The molecule has 1 amide bonds. The first-order valence-corrected chi connectivity index (χ1v) is 5.54. The number of alkyl carbamates (subject to hydrolysis) is 1. The van der Waals surface area contributed by atoms with Crippen molar-refractivity contribution in [1.29, 1.82) is 0 Å². The zero-order valence-corrected chi connectivity index (χ0v) is 10.7. The maximum Gasteiger partial charge on any atom is 0.411 e. The zero-order chi connectivity index (χ0) is 13.4. The van der Waals surface area contributed by atoms with Gasteiger partial charge in [0.15, 0.2) is 0 Å². The second-order valence-corrected chi connectivity index (χ2v) is 3.28. The quantitative estimate of drug-likeness (QED) is 0.816. The Labute approximate surface area is 106 Å². The topological polar surface area (TPSA) is 56.8 Å². The molecule has 0 spiro atoms. The molecule has 0 heterocycles. The molecular weight excluding hydrogens is 234 g/mol. The van der Waals surface area contributed by atoms with Gasteiger partial charge in [-0.2, -0.15) is 0 Å². The average molecular weight is 251 g/mol. The van der Waals surface area contributed by atoms with Gasteiger partial charge in [0.2, 0.25) is 0 Å². The molecule has 98 valence electrons. The number of carbonyl (C=O) groups is 1. The summed E-state index contributed by atoms with van der Waals surface area (Å²) in [4.78, 5) is 11.5. The molecule has 0 bridgehead atoms. The Hall–Kier alpha value is -2.17. The molecule has 18 heavy (non-hydrogen) atoms. The van der Waals surface area contributed by atoms with Crippen molar-refractivity contribution in [3.63, 3.8) is 0 Å². The van der Waals surface area contributed by atoms with Gasteiger partial charge in [0.25, 0.3) is 0 Å². The number of rotatable bonds is 5. The number of hydrogen-bond acceptors (Lipinski definition) is 4. The number of hydrogen-bond donors (Lipinski definition) is 1. The van der Waals surface area contributed by atoms with Crippen molar-refractivity contribution in [2.75, 3.05) is 20.8 Å². The second kappa shape index (κ2) is 7.21. The SMILES string of the molecule is CCOC(=O)NC(=C(OC)OC)c1ccccc1. The van der Waals surface area contributed by atoms with Gasteiger partial charge >= 0.3 is 12.0 Å². The molecule has 0 saturated heterocycles. The van der Waals surface area contributed by atoms with Crippen LogP contribution in [0.1, 0.15) is 12.5 Å². The Balaban J connectivity index is 3.04. The van der Waals surface area contributed by atoms with Crippen LogP contribution < -0.4 is 5.32 Å². The number of nitrogens with one attached hydrogen (secondary N) is 1. The normalized spacial score (nSPS) is 9.28. The van der Waals surface area contributed by atoms with Gasteiger partial charge in [-0.1, -0.05) is 30.3 Å². The fraction of sp³-hybridized carbons (Fsp3) is 0.308. The summed E-state index contributed by atoms with van der Waals surface area (Å²) in [5, 5.41) is 2.60. The van der Waals surface area contributed by atoms with E-state index in [1.807, 2.05) is 30.3 Å². The molecule has 1 rings (SSSR count). The minimum atomic E-state index is -0.553. The highest BCUT2D eigenvalue weighted by Crippen LogP contribution is 2.17. The van der Waals surface area contributed by atoms with Crippen LogP contribution in [0.3, 0.4) is 0 Å². The van der Waals surface area contributed by atoms with Crippen molar-refractivity contribution < 1.29 is 19.0 Å². The highest BCUT2D eigenvalue weighted by atomic mass is 16.7. The van der Waals surface area contributed by atoms with E-state index in [4.69, 9.17) is 14.2 Å². The predicted molar refractivity (Wildman–Crippen MR) is 67.5 cm³/mol. The lowest BCUT2D eigenvalue weighted by atomic mass is 10.1. The summed E-state index contributed by atoms with van der Waals surface area (Å²) in [6.07, 6.45) is -0.553. The Kier molecular flexibility index (Phi) is 5.57. The van der Waals surface area contributed by atoms with Gasteiger partial charge in [-0.15, -0.1) is 0 Å². The third-order valence-corrected chi connectivity index (χ3v) is 2.14. The number of methoxy groups -OCH3 is 2. The first kappa shape index (κ1) is 13.9. The highest BCUT2D eigenvalue weighted by Gasteiger charge is 2.14. The van der Waals surface area contributed by atoms with Crippen molar-refractivity contribution in [2.24, 2.45) is 0 Å². The molecule has 0 fully saturated rings. The van der Waals surface area contributed by atoms with Crippen LogP contribution in [-0.2, 0) is 14.2 Å². The third kappa shape index (κ3) is 3.69. The van der Waals surface area contributed by atoms with Crippen molar-refractivity contribution in [1.82, 2.24) is 5.32 Å². The van der Waals surface area contributed by atoms with E-state index < -0.39 is 6.09 Å². The first-order chi connectivity index (χ1) is 8.72. The van der Waals surface area contributed by atoms with Gasteiger partial charge in [-0.25, -0.2) is 4.79 Å². The maximum absolute atomic E-state index is 11.5. The summed E-state index contributed by atoms with van der Waals surface area (Å²) < 4.78 is 15.0. The monoisotopic (exact) mass is 251 g/mol. The second-order valence-electron chi connectivity index (χ2n) is 3.28. The van der Waals surface area contributed by atoms with Crippen molar-refractivity contribution >= 4 is 11.8 Å². The van der Waals surface area contributed by atoms with Gasteiger partial charge < -0.3 is 14.2 Å². The summed E-state index contributed by atoms with van der Waals surface area (Å²) >= 11 is 0. The molecule has 0 aliphatic rings. The molecule has 0 unspecified atom stereocenters. The van der Waals surface area contributed by atoms with Gasteiger partial charge in [0, 0.05) is 5.56 Å². The van der Waals surface area contributed by atoms with Crippen molar-refractivity contribution in [3.8, 4) is 0 Å². The van der Waals surface area contributed by atoms with Gasteiger partial charge in [0.1, 0.15) is 5.70 Å².